The molecule has 246 valence electrons. The molecule has 5 aromatic carbocycles. The van der Waals surface area contributed by atoms with E-state index in [1.807, 2.05) is 61.8 Å². The smallest absolute Gasteiger partial charge is 0.268 e. The molecule has 0 amide bonds. The zero-order valence-corrected chi connectivity index (χ0v) is 28.6. The topological polar surface area (TPSA) is 68.9 Å². The number of rotatable bonds is 12. The normalized spacial score (nSPS) is 12.7. The molecule has 49 heavy (non-hydrogen) atoms. The maximum absolute atomic E-state index is 14.0. The average Bonchev–Trinajstić information content (AvgIpc) is 3.76. The van der Waals surface area contributed by atoms with Crippen LogP contribution in [-0.4, -0.2) is 28.5 Å². The molecule has 0 saturated heterocycles. The van der Waals surface area contributed by atoms with Crippen LogP contribution in [0.15, 0.2) is 163 Å². The van der Waals surface area contributed by atoms with Gasteiger partial charge in [-0.25, -0.2) is 17.4 Å². The summed E-state index contributed by atoms with van der Waals surface area (Å²) in [5, 5.41) is 4.67. The second-order valence-electron chi connectivity index (χ2n) is 12.4. The molecule has 0 saturated carbocycles. The van der Waals surface area contributed by atoms with Crippen LogP contribution in [0.1, 0.15) is 53.0 Å². The van der Waals surface area contributed by atoms with E-state index in [0.29, 0.717) is 18.5 Å². The Labute approximate surface area is 288 Å². The quantitative estimate of drug-likeness (QED) is 0.133. The molecule has 0 aliphatic heterocycles. The molecule has 7 rings (SSSR count). The average molecular weight is 665 g/mol. The summed E-state index contributed by atoms with van der Waals surface area (Å²) in [6.45, 7) is 4.75. The fourth-order valence-corrected chi connectivity index (χ4v) is 8.84. The first-order chi connectivity index (χ1) is 24.0. The standard InChI is InChI=1S/C42H40N4O2S/c1-3-38(43-29-28-40-32(2)37-26-16-17-27-41(37)46(40)49(47,48)36-24-14-7-15-25-36)39-30-45(31-44-39)42(33-18-8-4-9-19-33,34-20-10-5-11-21-34)35-22-12-6-13-23-35/h4-27,30-31,38,43H,3,28-29H2,1-2H3. The Hall–Kier alpha value is -5.24. The molecule has 1 atom stereocenters. The van der Waals surface area contributed by atoms with Crippen molar-refractivity contribution in [3.05, 3.63) is 192 Å². The Morgan fingerprint density at radius 3 is 1.78 bits per heavy atom. The molecule has 2 aromatic heterocycles. The van der Waals surface area contributed by atoms with Crippen LogP contribution in [0.25, 0.3) is 10.9 Å². The van der Waals surface area contributed by atoms with E-state index in [1.54, 1.807) is 24.3 Å². The van der Waals surface area contributed by atoms with Crippen LogP contribution in [0.2, 0.25) is 0 Å². The number of benzene rings is 5. The van der Waals surface area contributed by atoms with E-state index in [-0.39, 0.29) is 10.9 Å². The van der Waals surface area contributed by atoms with Gasteiger partial charge in [0.15, 0.2) is 0 Å². The highest BCUT2D eigenvalue weighted by atomic mass is 32.2. The fourth-order valence-electron chi connectivity index (χ4n) is 7.19. The highest BCUT2D eigenvalue weighted by molar-refractivity contribution is 7.90. The van der Waals surface area contributed by atoms with Gasteiger partial charge in [0.2, 0.25) is 0 Å². The molecular formula is C42H40N4O2S. The predicted molar refractivity (Wildman–Crippen MR) is 197 cm³/mol. The van der Waals surface area contributed by atoms with Crippen molar-refractivity contribution in [1.29, 1.82) is 0 Å². The van der Waals surface area contributed by atoms with E-state index >= 15 is 0 Å². The maximum atomic E-state index is 14.0. The van der Waals surface area contributed by atoms with Gasteiger partial charge in [0.1, 0.15) is 5.54 Å². The molecule has 2 heterocycles. The second kappa shape index (κ2) is 13.7. The molecule has 0 radical (unpaired) electrons. The number of para-hydroxylation sites is 1. The third-order valence-corrected chi connectivity index (χ3v) is 11.3. The van der Waals surface area contributed by atoms with E-state index in [0.717, 1.165) is 45.4 Å². The molecular weight excluding hydrogens is 625 g/mol. The van der Waals surface area contributed by atoms with Crippen LogP contribution in [0.5, 0.6) is 0 Å². The zero-order valence-electron chi connectivity index (χ0n) is 27.8. The van der Waals surface area contributed by atoms with Crippen LogP contribution in [-0.2, 0) is 22.0 Å². The lowest BCUT2D eigenvalue weighted by Gasteiger charge is -2.37. The molecule has 6 nitrogen and oxygen atoms in total. The van der Waals surface area contributed by atoms with Crippen LogP contribution >= 0.6 is 0 Å². The fraction of sp³-hybridized carbons (Fsp3) is 0.167. The number of fused-ring (bicyclic) bond motifs is 1. The van der Waals surface area contributed by atoms with E-state index in [2.05, 4.69) is 95.8 Å². The summed E-state index contributed by atoms with van der Waals surface area (Å²) in [4.78, 5) is 5.28. The van der Waals surface area contributed by atoms with Crippen LogP contribution < -0.4 is 5.32 Å². The van der Waals surface area contributed by atoms with Gasteiger partial charge in [0, 0.05) is 30.2 Å². The van der Waals surface area contributed by atoms with Crippen molar-refractivity contribution in [2.75, 3.05) is 6.54 Å². The van der Waals surface area contributed by atoms with Gasteiger partial charge in [-0.15, -0.1) is 0 Å². The number of aromatic nitrogens is 3. The van der Waals surface area contributed by atoms with Crippen molar-refractivity contribution in [2.24, 2.45) is 0 Å². The summed E-state index contributed by atoms with van der Waals surface area (Å²) in [7, 11) is -3.80. The number of hydrogen-bond acceptors (Lipinski definition) is 4. The summed E-state index contributed by atoms with van der Waals surface area (Å²) < 4.78 is 31.8. The Morgan fingerprint density at radius 2 is 1.22 bits per heavy atom. The molecule has 0 bridgehead atoms. The van der Waals surface area contributed by atoms with Gasteiger partial charge >= 0.3 is 0 Å². The highest BCUT2D eigenvalue weighted by Crippen LogP contribution is 2.41. The Morgan fingerprint density at radius 1 is 0.714 bits per heavy atom. The number of nitrogens with one attached hydrogen (secondary N) is 1. The lowest BCUT2D eigenvalue weighted by atomic mass is 9.77. The third kappa shape index (κ3) is 5.79. The van der Waals surface area contributed by atoms with Gasteiger partial charge in [0.25, 0.3) is 10.0 Å². The second-order valence-corrected chi connectivity index (χ2v) is 14.1. The summed E-state index contributed by atoms with van der Waals surface area (Å²) in [5.74, 6) is 0. The van der Waals surface area contributed by atoms with Crippen molar-refractivity contribution >= 4 is 20.9 Å². The van der Waals surface area contributed by atoms with Gasteiger partial charge < -0.3 is 9.88 Å². The molecule has 0 fully saturated rings. The molecule has 1 unspecified atom stereocenters. The maximum Gasteiger partial charge on any atom is 0.268 e. The SMILES string of the molecule is CCC(NCCc1c(C)c2ccccc2n1S(=O)(=O)c1ccccc1)c1cn(C(c2ccccc2)(c2ccccc2)c2ccccc2)cn1. The van der Waals surface area contributed by atoms with Gasteiger partial charge in [-0.1, -0.05) is 134 Å². The van der Waals surface area contributed by atoms with Crippen molar-refractivity contribution in [3.63, 3.8) is 0 Å². The Bertz CT molecular complexity index is 2170. The molecule has 0 aliphatic carbocycles. The van der Waals surface area contributed by atoms with Gasteiger partial charge in [-0.05, 0) is 53.8 Å². The minimum absolute atomic E-state index is 0.0369. The van der Waals surface area contributed by atoms with E-state index in [9.17, 15) is 8.42 Å². The molecule has 7 aromatic rings. The number of hydrogen-bond donors (Lipinski definition) is 1. The van der Waals surface area contributed by atoms with Crippen LogP contribution in [0.3, 0.4) is 0 Å². The first kappa shape index (κ1) is 32.3. The largest absolute Gasteiger partial charge is 0.319 e. The minimum Gasteiger partial charge on any atom is -0.319 e. The lowest BCUT2D eigenvalue weighted by molar-refractivity contribution is 0.499. The first-order valence-electron chi connectivity index (χ1n) is 16.8. The van der Waals surface area contributed by atoms with Crippen molar-refractivity contribution < 1.29 is 8.42 Å². The summed E-state index contributed by atoms with van der Waals surface area (Å²) >= 11 is 0. The van der Waals surface area contributed by atoms with Crippen molar-refractivity contribution in [1.82, 2.24) is 18.8 Å². The Kier molecular flexibility index (Phi) is 9.04. The Balaban J connectivity index is 1.23. The third-order valence-electron chi connectivity index (χ3n) is 9.57. The highest BCUT2D eigenvalue weighted by Gasteiger charge is 2.38. The van der Waals surface area contributed by atoms with E-state index < -0.39 is 15.6 Å². The van der Waals surface area contributed by atoms with Crippen LogP contribution in [0, 0.1) is 6.92 Å². The number of nitrogens with zero attached hydrogens (tertiary/aromatic N) is 3. The van der Waals surface area contributed by atoms with E-state index in [1.165, 1.54) is 3.97 Å². The number of imidazole rings is 1. The van der Waals surface area contributed by atoms with Crippen molar-refractivity contribution in [2.45, 2.75) is 43.2 Å². The van der Waals surface area contributed by atoms with Crippen molar-refractivity contribution in [3.8, 4) is 0 Å². The van der Waals surface area contributed by atoms with Gasteiger partial charge in [0.05, 0.1) is 28.5 Å². The van der Waals surface area contributed by atoms with Gasteiger partial charge in [-0.3, -0.25) is 0 Å². The summed E-state index contributed by atoms with van der Waals surface area (Å²) in [5.41, 5.74) is 6.17. The summed E-state index contributed by atoms with van der Waals surface area (Å²) in [6.07, 6.45) is 5.46. The zero-order chi connectivity index (χ0) is 33.8. The summed E-state index contributed by atoms with van der Waals surface area (Å²) in [6, 6.07) is 48.1. The van der Waals surface area contributed by atoms with E-state index in [4.69, 9.17) is 4.98 Å². The lowest BCUT2D eigenvalue weighted by Crippen LogP contribution is -2.37. The molecule has 1 N–H and O–H groups in total. The molecule has 0 aliphatic rings. The first-order valence-corrected chi connectivity index (χ1v) is 18.2. The van der Waals surface area contributed by atoms with Crippen LogP contribution in [0.4, 0.5) is 0 Å². The molecule has 7 heteroatoms. The molecule has 0 spiro atoms. The van der Waals surface area contributed by atoms with Gasteiger partial charge in [-0.2, -0.15) is 0 Å². The predicted octanol–water partition coefficient (Wildman–Crippen LogP) is 8.51. The minimum atomic E-state index is -3.80. The number of aryl methyl sites for hydroxylation is 1. The monoisotopic (exact) mass is 664 g/mol.